The first-order valence-corrected chi connectivity index (χ1v) is 4.46. The van der Waals surface area contributed by atoms with Crippen LogP contribution in [0, 0.1) is 6.92 Å². The van der Waals surface area contributed by atoms with Crippen LogP contribution in [0.2, 0.25) is 0 Å². The zero-order chi connectivity index (χ0) is 9.10. The van der Waals surface area contributed by atoms with E-state index in [-0.39, 0.29) is 0 Å². The van der Waals surface area contributed by atoms with Gasteiger partial charge >= 0.3 is 0 Å². The summed E-state index contributed by atoms with van der Waals surface area (Å²) in [5, 5.41) is 3.29. The molecular weight excluding hydrogens is 164 g/mol. The third kappa shape index (κ3) is 1.95. The molecule has 0 saturated carbocycles. The minimum atomic E-state index is 0.732. The lowest BCUT2D eigenvalue weighted by atomic mass is 10.3. The van der Waals surface area contributed by atoms with E-state index < -0.39 is 0 Å². The monoisotopic (exact) mass is 177 g/mol. The second-order valence-corrected chi connectivity index (χ2v) is 3.11. The number of hydrogen-bond donors (Lipinski definition) is 1. The molecule has 4 heteroatoms. The fourth-order valence-corrected chi connectivity index (χ4v) is 1.44. The number of hydrogen-bond acceptors (Lipinski definition) is 4. The molecule has 4 nitrogen and oxygen atoms in total. The fraction of sp³-hybridized carbons (Fsp3) is 0.444. The van der Waals surface area contributed by atoms with Crippen molar-refractivity contribution in [1.82, 2.24) is 15.3 Å². The highest BCUT2D eigenvalue weighted by atomic mass is 15.2. The summed E-state index contributed by atoms with van der Waals surface area (Å²) in [5.41, 5.74) is 0.732. The van der Waals surface area contributed by atoms with Gasteiger partial charge in [-0.25, -0.2) is 4.98 Å². The first kappa shape index (κ1) is 8.44. The van der Waals surface area contributed by atoms with Crippen LogP contribution in [0.3, 0.4) is 0 Å². The van der Waals surface area contributed by atoms with E-state index in [4.69, 9.17) is 0 Å². The van der Waals surface area contributed by atoms with Crippen molar-refractivity contribution in [3.63, 3.8) is 0 Å². The predicted molar refractivity (Wildman–Crippen MR) is 51.6 cm³/mol. The van der Waals surface area contributed by atoms with Gasteiger partial charge in [0.2, 0.25) is 0 Å². The van der Waals surface area contributed by atoms with Crippen LogP contribution in [0.5, 0.6) is 0 Å². The summed E-state index contributed by atoms with van der Waals surface area (Å²) in [6.07, 6.45) is 3.46. The Hall–Kier alpha value is -1.16. The normalized spacial score (nSPS) is 17.5. The van der Waals surface area contributed by atoms with Gasteiger partial charge in [0.15, 0.2) is 0 Å². The number of anilines is 1. The lowest BCUT2D eigenvalue weighted by Crippen LogP contribution is -2.44. The van der Waals surface area contributed by atoms with E-state index >= 15 is 0 Å². The van der Waals surface area contributed by atoms with Gasteiger partial charge in [0.25, 0.3) is 0 Å². The molecular formula is C9H13N4. The molecule has 13 heavy (non-hydrogen) atoms. The van der Waals surface area contributed by atoms with E-state index in [0.29, 0.717) is 0 Å². The highest BCUT2D eigenvalue weighted by Crippen LogP contribution is 2.09. The van der Waals surface area contributed by atoms with Crippen molar-refractivity contribution in [1.29, 1.82) is 0 Å². The number of nitrogens with one attached hydrogen (secondary N) is 1. The van der Waals surface area contributed by atoms with Crippen molar-refractivity contribution >= 4 is 5.82 Å². The third-order valence-corrected chi connectivity index (χ3v) is 2.11. The highest BCUT2D eigenvalue weighted by Gasteiger charge is 2.11. The van der Waals surface area contributed by atoms with E-state index in [1.807, 2.05) is 0 Å². The van der Waals surface area contributed by atoms with Crippen molar-refractivity contribution in [3.05, 3.63) is 25.0 Å². The molecule has 1 fully saturated rings. The van der Waals surface area contributed by atoms with Crippen molar-refractivity contribution < 1.29 is 0 Å². The molecule has 1 radical (unpaired) electrons. The summed E-state index contributed by atoms with van der Waals surface area (Å²) in [5.74, 6) is 0.939. The Balaban J connectivity index is 2.14. The summed E-state index contributed by atoms with van der Waals surface area (Å²) in [7, 11) is 0. The van der Waals surface area contributed by atoms with Crippen LogP contribution < -0.4 is 10.2 Å². The molecule has 1 aliphatic heterocycles. The largest absolute Gasteiger partial charge is 0.353 e. The molecule has 1 aromatic rings. The minimum absolute atomic E-state index is 0.732. The summed E-state index contributed by atoms with van der Waals surface area (Å²) in [4.78, 5) is 10.6. The number of nitrogens with zero attached hydrogens (tertiary/aromatic N) is 3. The zero-order valence-corrected chi connectivity index (χ0v) is 7.53. The molecule has 0 amide bonds. The molecule has 0 bridgehead atoms. The standard InChI is InChI=1S/C9H13N4/c1-8-6-11-7-9(12-8)13-4-2-10-3-5-13/h6-7,10H,1-5H2. The Morgan fingerprint density at radius 2 is 2.08 bits per heavy atom. The Bertz CT molecular complexity index is 281. The molecule has 69 valence electrons. The van der Waals surface area contributed by atoms with E-state index in [1.165, 1.54) is 0 Å². The van der Waals surface area contributed by atoms with E-state index in [0.717, 1.165) is 37.7 Å². The van der Waals surface area contributed by atoms with Gasteiger partial charge < -0.3 is 10.2 Å². The topological polar surface area (TPSA) is 41.1 Å². The Morgan fingerprint density at radius 1 is 1.31 bits per heavy atom. The van der Waals surface area contributed by atoms with Crippen molar-refractivity contribution in [2.75, 3.05) is 31.1 Å². The molecule has 2 heterocycles. The number of aromatic nitrogens is 2. The quantitative estimate of drug-likeness (QED) is 0.659. The highest BCUT2D eigenvalue weighted by molar-refractivity contribution is 5.37. The second-order valence-electron chi connectivity index (χ2n) is 3.11. The second kappa shape index (κ2) is 3.70. The average molecular weight is 177 g/mol. The van der Waals surface area contributed by atoms with Gasteiger partial charge in [-0.1, -0.05) is 0 Å². The first-order valence-electron chi connectivity index (χ1n) is 4.46. The van der Waals surface area contributed by atoms with Crippen LogP contribution in [0.1, 0.15) is 5.69 Å². The average Bonchev–Trinajstić information content (AvgIpc) is 2.19. The summed E-state index contributed by atoms with van der Waals surface area (Å²) in [6.45, 7) is 7.79. The van der Waals surface area contributed by atoms with Crippen LogP contribution in [0.15, 0.2) is 12.4 Å². The molecule has 0 atom stereocenters. The third-order valence-electron chi connectivity index (χ3n) is 2.11. The number of rotatable bonds is 1. The van der Waals surface area contributed by atoms with Crippen LogP contribution >= 0.6 is 0 Å². The molecule has 0 aromatic carbocycles. The van der Waals surface area contributed by atoms with Crippen LogP contribution in [-0.4, -0.2) is 36.1 Å². The molecule has 1 N–H and O–H groups in total. The van der Waals surface area contributed by atoms with Crippen LogP contribution in [0.25, 0.3) is 0 Å². The summed E-state index contributed by atoms with van der Waals surface area (Å²) < 4.78 is 0. The SMILES string of the molecule is [CH2]c1cncc(N2CCNCC2)n1. The molecule has 1 saturated heterocycles. The Kier molecular flexibility index (Phi) is 2.40. The van der Waals surface area contributed by atoms with E-state index in [9.17, 15) is 0 Å². The van der Waals surface area contributed by atoms with Crippen LogP contribution in [-0.2, 0) is 0 Å². The molecule has 0 aliphatic carbocycles. The molecule has 2 rings (SSSR count). The first-order chi connectivity index (χ1) is 6.36. The lowest BCUT2D eigenvalue weighted by Gasteiger charge is -2.28. The maximum atomic E-state index is 4.32. The van der Waals surface area contributed by atoms with Gasteiger partial charge in [-0.05, 0) is 6.92 Å². The van der Waals surface area contributed by atoms with Crippen molar-refractivity contribution in [2.45, 2.75) is 0 Å². The lowest BCUT2D eigenvalue weighted by molar-refractivity contribution is 0.584. The van der Waals surface area contributed by atoms with E-state index in [2.05, 4.69) is 27.1 Å². The van der Waals surface area contributed by atoms with Gasteiger partial charge in [0.1, 0.15) is 5.82 Å². The van der Waals surface area contributed by atoms with Gasteiger partial charge in [-0.2, -0.15) is 0 Å². The van der Waals surface area contributed by atoms with Crippen molar-refractivity contribution in [2.24, 2.45) is 0 Å². The number of piperazine rings is 1. The zero-order valence-electron chi connectivity index (χ0n) is 7.53. The van der Waals surface area contributed by atoms with Gasteiger partial charge in [0, 0.05) is 32.4 Å². The predicted octanol–water partition coefficient (Wildman–Crippen LogP) is 0.0684. The molecule has 1 aliphatic rings. The smallest absolute Gasteiger partial charge is 0.147 e. The van der Waals surface area contributed by atoms with Gasteiger partial charge in [0.05, 0.1) is 11.9 Å². The molecule has 0 spiro atoms. The summed E-state index contributed by atoms with van der Waals surface area (Å²) in [6, 6.07) is 0. The molecule has 0 unspecified atom stereocenters. The van der Waals surface area contributed by atoms with Crippen LogP contribution in [0.4, 0.5) is 5.82 Å². The minimum Gasteiger partial charge on any atom is -0.353 e. The van der Waals surface area contributed by atoms with Gasteiger partial charge in [-0.3, -0.25) is 4.98 Å². The Labute approximate surface area is 78.0 Å². The van der Waals surface area contributed by atoms with E-state index in [1.54, 1.807) is 12.4 Å². The fourth-order valence-electron chi connectivity index (χ4n) is 1.44. The maximum Gasteiger partial charge on any atom is 0.147 e. The van der Waals surface area contributed by atoms with Crippen molar-refractivity contribution in [3.8, 4) is 0 Å². The maximum absolute atomic E-state index is 4.32. The Morgan fingerprint density at radius 3 is 2.77 bits per heavy atom. The van der Waals surface area contributed by atoms with Gasteiger partial charge in [-0.15, -0.1) is 0 Å². The molecule has 1 aromatic heterocycles. The summed E-state index contributed by atoms with van der Waals surface area (Å²) >= 11 is 0.